The zero-order valence-electron chi connectivity index (χ0n) is 10.2. The van der Waals surface area contributed by atoms with Crippen LogP contribution in [0.4, 0.5) is 0 Å². The number of aromatic nitrogens is 3. The number of pyridine rings is 1. The molecule has 0 aliphatic carbocycles. The Morgan fingerprint density at radius 1 is 1.42 bits per heavy atom. The van der Waals surface area contributed by atoms with Gasteiger partial charge in [-0.05, 0) is 30.7 Å². The molecule has 0 aliphatic rings. The molecule has 6 nitrogen and oxygen atoms in total. The molecule has 3 aromatic heterocycles. The van der Waals surface area contributed by atoms with Crippen molar-refractivity contribution in [2.24, 2.45) is 0 Å². The number of aryl methyl sites for hydroxylation is 1. The van der Waals surface area contributed by atoms with Gasteiger partial charge in [-0.3, -0.25) is 14.2 Å². The average Bonchev–Trinajstić information content (AvgIpc) is 2.83. The normalized spacial score (nSPS) is 11.2. The number of carboxylic acids is 1. The summed E-state index contributed by atoms with van der Waals surface area (Å²) in [5, 5.41) is 8.95. The number of fused-ring (bicyclic) bond motifs is 3. The summed E-state index contributed by atoms with van der Waals surface area (Å²) in [5.41, 5.74) is 2.17. The summed E-state index contributed by atoms with van der Waals surface area (Å²) in [5.74, 6) is -1.07. The molecule has 0 unspecified atom stereocenters. The number of hydrogen-bond donors (Lipinski definition) is 1. The average molecular weight is 257 g/mol. The van der Waals surface area contributed by atoms with Crippen molar-refractivity contribution in [2.45, 2.75) is 13.5 Å². The molecule has 96 valence electrons. The van der Waals surface area contributed by atoms with Gasteiger partial charge in [0, 0.05) is 12.4 Å². The molecule has 0 aliphatic heterocycles. The fourth-order valence-electron chi connectivity index (χ4n) is 2.30. The smallest absolute Gasteiger partial charge is 0.323 e. The number of carboxylic acid groups (broad SMARTS) is 1. The summed E-state index contributed by atoms with van der Waals surface area (Å²) in [6.45, 7) is 1.51. The molecule has 6 heteroatoms. The third-order valence-corrected chi connectivity index (χ3v) is 3.11. The molecule has 19 heavy (non-hydrogen) atoms. The van der Waals surface area contributed by atoms with Crippen LogP contribution >= 0.6 is 0 Å². The van der Waals surface area contributed by atoms with Crippen molar-refractivity contribution >= 4 is 22.6 Å². The van der Waals surface area contributed by atoms with Crippen LogP contribution in [0.1, 0.15) is 5.56 Å². The Morgan fingerprint density at radius 2 is 2.21 bits per heavy atom. The van der Waals surface area contributed by atoms with Gasteiger partial charge in [0.2, 0.25) is 0 Å². The first-order valence-corrected chi connectivity index (χ1v) is 5.76. The Labute approximate surface area is 107 Å². The highest BCUT2D eigenvalue weighted by atomic mass is 16.4. The van der Waals surface area contributed by atoms with Crippen molar-refractivity contribution in [3.05, 3.63) is 46.5 Å². The monoisotopic (exact) mass is 257 g/mol. The van der Waals surface area contributed by atoms with Crippen LogP contribution in [0.2, 0.25) is 0 Å². The van der Waals surface area contributed by atoms with E-state index < -0.39 is 12.5 Å². The lowest BCUT2D eigenvalue weighted by molar-refractivity contribution is -0.137. The fourth-order valence-corrected chi connectivity index (χ4v) is 2.30. The summed E-state index contributed by atoms with van der Waals surface area (Å²) in [4.78, 5) is 27.4. The lowest BCUT2D eigenvalue weighted by atomic mass is 10.2. The van der Waals surface area contributed by atoms with Gasteiger partial charge < -0.3 is 9.51 Å². The summed E-state index contributed by atoms with van der Waals surface area (Å²) in [6.07, 6.45) is 3.35. The largest absolute Gasteiger partial charge is 0.480 e. The van der Waals surface area contributed by atoms with E-state index in [0.717, 1.165) is 11.1 Å². The first-order chi connectivity index (χ1) is 9.09. The number of nitrogens with zero attached hydrogens (tertiary/aromatic N) is 3. The van der Waals surface area contributed by atoms with Crippen LogP contribution in [0.3, 0.4) is 0 Å². The van der Waals surface area contributed by atoms with Crippen molar-refractivity contribution < 1.29 is 9.90 Å². The minimum atomic E-state index is -1.07. The van der Waals surface area contributed by atoms with Crippen molar-refractivity contribution in [1.82, 2.24) is 14.0 Å². The summed E-state index contributed by atoms with van der Waals surface area (Å²) < 4.78 is 2.94. The fraction of sp³-hybridized carbons (Fsp3) is 0.154. The Balaban J connectivity index is 2.58. The van der Waals surface area contributed by atoms with Crippen molar-refractivity contribution in [2.75, 3.05) is 0 Å². The molecule has 0 saturated carbocycles. The van der Waals surface area contributed by atoms with Gasteiger partial charge in [0.1, 0.15) is 12.1 Å². The number of carbonyl (C=O) groups is 1. The molecule has 3 rings (SSSR count). The van der Waals surface area contributed by atoms with Crippen LogP contribution in [0.5, 0.6) is 0 Å². The quantitative estimate of drug-likeness (QED) is 0.744. The number of hydrogen-bond acceptors (Lipinski definition) is 3. The second-order valence-electron chi connectivity index (χ2n) is 4.35. The maximum atomic E-state index is 12.3. The molecule has 3 aromatic rings. The Hall–Kier alpha value is -2.63. The first kappa shape index (κ1) is 11.5. The SMILES string of the molecule is Cc1ccnc2c1n1cccc1c(=O)n2CC(=O)O. The molecular formula is C13H11N3O3. The minimum absolute atomic E-state index is 0.349. The Bertz CT molecular complexity index is 861. The standard InChI is InChI=1S/C13H11N3O3/c1-8-4-5-14-12-11(8)15-6-2-3-9(15)13(19)16(12)7-10(17)18/h2-6H,7H2,1H3,(H,17,18). The highest BCUT2D eigenvalue weighted by Gasteiger charge is 2.14. The summed E-state index contributed by atoms with van der Waals surface area (Å²) in [6, 6.07) is 5.26. The van der Waals surface area contributed by atoms with E-state index >= 15 is 0 Å². The summed E-state index contributed by atoms with van der Waals surface area (Å²) >= 11 is 0. The third kappa shape index (κ3) is 1.61. The van der Waals surface area contributed by atoms with E-state index in [9.17, 15) is 9.59 Å². The van der Waals surface area contributed by atoms with E-state index in [-0.39, 0.29) is 5.56 Å². The second kappa shape index (κ2) is 3.94. The van der Waals surface area contributed by atoms with Crippen molar-refractivity contribution in [3.63, 3.8) is 0 Å². The van der Waals surface area contributed by atoms with Crippen molar-refractivity contribution in [3.8, 4) is 0 Å². The Morgan fingerprint density at radius 3 is 2.95 bits per heavy atom. The van der Waals surface area contributed by atoms with E-state index in [4.69, 9.17) is 5.11 Å². The van der Waals surface area contributed by atoms with E-state index in [0.29, 0.717) is 11.2 Å². The van der Waals surface area contributed by atoms with Gasteiger partial charge in [0.25, 0.3) is 5.56 Å². The predicted molar refractivity (Wildman–Crippen MR) is 69.3 cm³/mol. The topological polar surface area (TPSA) is 76.6 Å². The van der Waals surface area contributed by atoms with Gasteiger partial charge in [-0.15, -0.1) is 0 Å². The van der Waals surface area contributed by atoms with E-state index in [1.165, 1.54) is 4.57 Å². The second-order valence-corrected chi connectivity index (χ2v) is 4.35. The molecular weight excluding hydrogens is 246 g/mol. The minimum Gasteiger partial charge on any atom is -0.480 e. The maximum Gasteiger partial charge on any atom is 0.323 e. The lowest BCUT2D eigenvalue weighted by Crippen LogP contribution is -2.26. The van der Waals surface area contributed by atoms with Gasteiger partial charge in [0.05, 0.1) is 5.52 Å². The molecule has 0 aromatic carbocycles. The molecule has 0 spiro atoms. The highest BCUT2D eigenvalue weighted by Crippen LogP contribution is 2.16. The van der Waals surface area contributed by atoms with Crippen LogP contribution < -0.4 is 5.56 Å². The van der Waals surface area contributed by atoms with Crippen LogP contribution in [-0.2, 0) is 11.3 Å². The molecule has 0 bridgehead atoms. The predicted octanol–water partition coefficient (Wildman–Crippen LogP) is 1.04. The van der Waals surface area contributed by atoms with E-state index in [1.54, 1.807) is 28.9 Å². The lowest BCUT2D eigenvalue weighted by Gasteiger charge is -2.11. The van der Waals surface area contributed by atoms with Gasteiger partial charge >= 0.3 is 5.97 Å². The van der Waals surface area contributed by atoms with Crippen molar-refractivity contribution in [1.29, 1.82) is 0 Å². The summed E-state index contributed by atoms with van der Waals surface area (Å²) in [7, 11) is 0. The highest BCUT2D eigenvalue weighted by molar-refractivity contribution is 5.80. The van der Waals surface area contributed by atoms with Gasteiger partial charge in [-0.2, -0.15) is 0 Å². The number of rotatable bonds is 2. The van der Waals surface area contributed by atoms with Gasteiger partial charge in [-0.1, -0.05) is 0 Å². The zero-order valence-corrected chi connectivity index (χ0v) is 10.2. The number of aliphatic carboxylic acids is 1. The molecule has 0 amide bonds. The molecule has 0 fully saturated rings. The van der Waals surface area contributed by atoms with E-state index in [1.807, 2.05) is 13.0 Å². The molecule has 0 saturated heterocycles. The van der Waals surface area contributed by atoms with Crippen LogP contribution in [0.25, 0.3) is 16.7 Å². The van der Waals surface area contributed by atoms with Gasteiger partial charge in [-0.25, -0.2) is 4.98 Å². The molecule has 0 radical (unpaired) electrons. The third-order valence-electron chi connectivity index (χ3n) is 3.11. The van der Waals surface area contributed by atoms with E-state index in [2.05, 4.69) is 4.98 Å². The molecule has 1 N–H and O–H groups in total. The van der Waals surface area contributed by atoms with Crippen LogP contribution in [0, 0.1) is 6.92 Å². The first-order valence-electron chi connectivity index (χ1n) is 5.76. The molecule has 0 atom stereocenters. The molecule has 3 heterocycles. The van der Waals surface area contributed by atoms with Crippen LogP contribution in [-0.4, -0.2) is 25.0 Å². The van der Waals surface area contributed by atoms with Crippen LogP contribution in [0.15, 0.2) is 35.4 Å². The van der Waals surface area contributed by atoms with Gasteiger partial charge in [0.15, 0.2) is 5.65 Å². The zero-order chi connectivity index (χ0) is 13.6. The Kier molecular flexibility index (Phi) is 2.38. The maximum absolute atomic E-state index is 12.3.